The number of unbranched alkanes of at least 4 members (excludes halogenated alkanes) is 9. The average Bonchev–Trinajstić information content (AvgIpc) is 2.31. The summed E-state index contributed by atoms with van der Waals surface area (Å²) in [7, 11) is 1.88. The smallest absolute Gasteiger partial charge is 0.178 e. The molecule has 0 bridgehead atoms. The van der Waals surface area contributed by atoms with Gasteiger partial charge in [-0.2, -0.15) is 0 Å². The molecule has 0 fully saturated rings. The van der Waals surface area contributed by atoms with Crippen LogP contribution in [-0.4, -0.2) is 23.6 Å². The first-order valence-electron chi connectivity index (χ1n) is 7.27. The second-order valence-corrected chi connectivity index (χ2v) is 5.02. The number of rotatable bonds is 12. The van der Waals surface area contributed by atoms with Gasteiger partial charge in [0.25, 0.3) is 0 Å². The van der Waals surface area contributed by atoms with Gasteiger partial charge >= 0.3 is 0 Å². The average molecular weight is 241 g/mol. The number of aliphatic hydroxyl groups is 1. The monoisotopic (exact) mass is 241 g/mol. The van der Waals surface area contributed by atoms with E-state index in [0.29, 0.717) is 0 Å². The van der Waals surface area contributed by atoms with Gasteiger partial charge in [-0.05, 0) is 13.0 Å². The number of hydrogen-bond donors (Lipinski definition) is 1. The number of nitrogens with zero attached hydrogens (tertiary/aromatic N) is 1. The first kappa shape index (κ1) is 16.3. The normalized spacial score (nSPS) is 10.5. The third kappa shape index (κ3) is 11.6. The Kier molecular flexibility index (Phi) is 11.4. The van der Waals surface area contributed by atoms with Gasteiger partial charge < -0.3 is 10.0 Å². The molecule has 0 atom stereocenters. The summed E-state index contributed by atoms with van der Waals surface area (Å²) >= 11 is 0. The SMILES string of the molecule is C=C(O)N(C)CCCCCCCCCCCC. The summed E-state index contributed by atoms with van der Waals surface area (Å²) in [5.74, 6) is 0.181. The lowest BCUT2D eigenvalue weighted by atomic mass is 10.1. The van der Waals surface area contributed by atoms with Crippen molar-refractivity contribution in [3.8, 4) is 0 Å². The highest BCUT2D eigenvalue weighted by Crippen LogP contribution is 2.10. The maximum absolute atomic E-state index is 9.10. The maximum atomic E-state index is 9.10. The van der Waals surface area contributed by atoms with Crippen molar-refractivity contribution in [3.63, 3.8) is 0 Å². The van der Waals surface area contributed by atoms with Gasteiger partial charge in [-0.25, -0.2) is 0 Å². The van der Waals surface area contributed by atoms with Crippen molar-refractivity contribution in [2.24, 2.45) is 0 Å². The van der Waals surface area contributed by atoms with Gasteiger partial charge in [0, 0.05) is 13.6 Å². The van der Waals surface area contributed by atoms with E-state index in [1.807, 2.05) is 11.9 Å². The zero-order valence-corrected chi connectivity index (χ0v) is 11.9. The van der Waals surface area contributed by atoms with Crippen LogP contribution in [0.2, 0.25) is 0 Å². The quantitative estimate of drug-likeness (QED) is 0.389. The molecule has 0 aliphatic carbocycles. The molecule has 0 aromatic heterocycles. The van der Waals surface area contributed by atoms with Crippen molar-refractivity contribution >= 4 is 0 Å². The Morgan fingerprint density at radius 1 is 0.882 bits per heavy atom. The van der Waals surface area contributed by atoms with Crippen molar-refractivity contribution in [3.05, 3.63) is 12.5 Å². The van der Waals surface area contributed by atoms with Crippen molar-refractivity contribution < 1.29 is 5.11 Å². The molecular formula is C15H31NO. The molecule has 0 amide bonds. The summed E-state index contributed by atoms with van der Waals surface area (Å²) < 4.78 is 0. The van der Waals surface area contributed by atoms with Gasteiger partial charge in [-0.1, -0.05) is 64.7 Å². The van der Waals surface area contributed by atoms with Crippen LogP contribution in [0.1, 0.15) is 71.1 Å². The standard InChI is InChI=1S/C15H31NO/c1-4-5-6-7-8-9-10-11-12-13-14-16(3)15(2)17/h17H,2,4-14H2,1,3H3. The molecular weight excluding hydrogens is 210 g/mol. The van der Waals surface area contributed by atoms with Gasteiger partial charge in [0.2, 0.25) is 0 Å². The van der Waals surface area contributed by atoms with Crippen LogP contribution in [0, 0.1) is 0 Å². The summed E-state index contributed by atoms with van der Waals surface area (Å²) in [6, 6.07) is 0. The van der Waals surface area contributed by atoms with Crippen molar-refractivity contribution in [1.29, 1.82) is 0 Å². The summed E-state index contributed by atoms with van der Waals surface area (Å²) in [5.41, 5.74) is 0. The van der Waals surface area contributed by atoms with E-state index in [1.165, 1.54) is 57.8 Å². The summed E-state index contributed by atoms with van der Waals surface area (Å²) in [4.78, 5) is 1.81. The Balaban J connectivity index is 3.06. The zero-order valence-electron chi connectivity index (χ0n) is 11.9. The molecule has 0 aliphatic heterocycles. The predicted octanol–water partition coefficient (Wildman–Crippen LogP) is 4.87. The Hall–Kier alpha value is -0.660. The molecule has 102 valence electrons. The van der Waals surface area contributed by atoms with Crippen LogP contribution in [0.3, 0.4) is 0 Å². The predicted molar refractivity (Wildman–Crippen MR) is 76.2 cm³/mol. The number of aliphatic hydroxyl groups excluding tert-OH is 1. The molecule has 0 rings (SSSR count). The van der Waals surface area contributed by atoms with Crippen LogP contribution < -0.4 is 0 Å². The molecule has 0 saturated heterocycles. The topological polar surface area (TPSA) is 23.5 Å². The lowest BCUT2D eigenvalue weighted by Gasteiger charge is -2.16. The molecule has 2 nitrogen and oxygen atoms in total. The third-order valence-electron chi connectivity index (χ3n) is 3.29. The molecule has 0 heterocycles. The highest BCUT2D eigenvalue weighted by Gasteiger charge is 1.98. The lowest BCUT2D eigenvalue weighted by molar-refractivity contribution is 0.232. The van der Waals surface area contributed by atoms with Crippen LogP contribution in [0.4, 0.5) is 0 Å². The summed E-state index contributed by atoms with van der Waals surface area (Å²) in [6.07, 6.45) is 13.5. The highest BCUT2D eigenvalue weighted by atomic mass is 16.3. The van der Waals surface area contributed by atoms with E-state index >= 15 is 0 Å². The molecule has 0 saturated carbocycles. The van der Waals surface area contributed by atoms with Gasteiger partial charge in [0.1, 0.15) is 0 Å². The first-order chi connectivity index (χ1) is 8.18. The summed E-state index contributed by atoms with van der Waals surface area (Å²) in [5, 5.41) is 9.10. The fraction of sp³-hybridized carbons (Fsp3) is 0.867. The highest BCUT2D eigenvalue weighted by molar-refractivity contribution is 4.76. The Labute approximate surface area is 108 Å². The minimum absolute atomic E-state index is 0.181. The van der Waals surface area contributed by atoms with Gasteiger partial charge in [0.15, 0.2) is 5.88 Å². The van der Waals surface area contributed by atoms with Crippen LogP contribution in [0.5, 0.6) is 0 Å². The van der Waals surface area contributed by atoms with Gasteiger partial charge in [-0.15, -0.1) is 0 Å². The fourth-order valence-corrected chi connectivity index (χ4v) is 1.97. The molecule has 2 heteroatoms. The second kappa shape index (κ2) is 11.8. The van der Waals surface area contributed by atoms with Crippen LogP contribution >= 0.6 is 0 Å². The van der Waals surface area contributed by atoms with Crippen molar-refractivity contribution in [1.82, 2.24) is 4.90 Å². The Bertz CT molecular complexity index is 180. The molecule has 0 aliphatic rings. The molecule has 1 N–H and O–H groups in total. The van der Waals surface area contributed by atoms with Crippen molar-refractivity contribution in [2.45, 2.75) is 71.1 Å². The van der Waals surface area contributed by atoms with Crippen LogP contribution in [0.25, 0.3) is 0 Å². The lowest BCUT2D eigenvalue weighted by Crippen LogP contribution is -2.17. The maximum Gasteiger partial charge on any atom is 0.178 e. The largest absolute Gasteiger partial charge is 0.495 e. The van der Waals surface area contributed by atoms with Crippen LogP contribution in [0.15, 0.2) is 12.5 Å². The molecule has 17 heavy (non-hydrogen) atoms. The second-order valence-electron chi connectivity index (χ2n) is 5.02. The van der Waals surface area contributed by atoms with Gasteiger partial charge in [0.05, 0.1) is 0 Å². The fourth-order valence-electron chi connectivity index (χ4n) is 1.97. The molecule has 0 aromatic carbocycles. The van der Waals surface area contributed by atoms with E-state index in [-0.39, 0.29) is 5.88 Å². The molecule has 0 spiro atoms. The van der Waals surface area contributed by atoms with E-state index in [4.69, 9.17) is 5.11 Å². The Morgan fingerprint density at radius 3 is 1.71 bits per heavy atom. The van der Waals surface area contributed by atoms with Crippen LogP contribution in [-0.2, 0) is 0 Å². The first-order valence-corrected chi connectivity index (χ1v) is 7.27. The third-order valence-corrected chi connectivity index (χ3v) is 3.29. The van der Waals surface area contributed by atoms with E-state index < -0.39 is 0 Å². The Morgan fingerprint density at radius 2 is 1.29 bits per heavy atom. The minimum Gasteiger partial charge on any atom is -0.495 e. The molecule has 0 unspecified atom stereocenters. The zero-order chi connectivity index (χ0) is 12.9. The van der Waals surface area contributed by atoms with E-state index in [2.05, 4.69) is 13.5 Å². The molecule has 0 aromatic rings. The minimum atomic E-state index is 0.181. The van der Waals surface area contributed by atoms with E-state index in [9.17, 15) is 0 Å². The van der Waals surface area contributed by atoms with E-state index in [0.717, 1.165) is 13.0 Å². The van der Waals surface area contributed by atoms with Crippen molar-refractivity contribution in [2.75, 3.05) is 13.6 Å². The number of hydrogen-bond acceptors (Lipinski definition) is 2. The van der Waals surface area contributed by atoms with E-state index in [1.54, 1.807) is 0 Å². The summed E-state index contributed by atoms with van der Waals surface area (Å²) in [6.45, 7) is 6.68. The molecule has 0 radical (unpaired) electrons. The van der Waals surface area contributed by atoms with Gasteiger partial charge in [-0.3, -0.25) is 0 Å².